The molecule has 1 N–H and O–H groups in total. The molecule has 0 saturated carbocycles. The van der Waals surface area contributed by atoms with Crippen molar-refractivity contribution in [2.45, 2.75) is 23.8 Å². The van der Waals surface area contributed by atoms with Crippen LogP contribution in [0.25, 0.3) is 0 Å². The SMILES string of the molecule is C=COCCCNC1CCSc2ccccc21. The van der Waals surface area contributed by atoms with Crippen LogP contribution in [0.2, 0.25) is 0 Å². The molecule has 3 heteroatoms. The van der Waals surface area contributed by atoms with Crippen LogP contribution in [-0.4, -0.2) is 18.9 Å². The molecule has 0 spiro atoms. The number of thioether (sulfide) groups is 1. The van der Waals surface area contributed by atoms with Crippen molar-refractivity contribution >= 4 is 11.8 Å². The zero-order valence-corrected chi connectivity index (χ0v) is 10.8. The van der Waals surface area contributed by atoms with E-state index in [1.807, 2.05) is 11.8 Å². The zero-order chi connectivity index (χ0) is 11.9. The van der Waals surface area contributed by atoms with E-state index in [-0.39, 0.29) is 0 Å². The predicted octanol–water partition coefficient (Wildman–Crippen LogP) is 3.36. The van der Waals surface area contributed by atoms with Crippen LogP contribution in [0.5, 0.6) is 0 Å². The van der Waals surface area contributed by atoms with Crippen molar-refractivity contribution in [1.29, 1.82) is 0 Å². The summed E-state index contributed by atoms with van der Waals surface area (Å²) in [6.45, 7) is 5.28. The van der Waals surface area contributed by atoms with E-state index in [1.54, 1.807) is 0 Å². The molecule has 0 amide bonds. The summed E-state index contributed by atoms with van der Waals surface area (Å²) < 4.78 is 5.11. The number of fused-ring (bicyclic) bond motifs is 1. The zero-order valence-electron chi connectivity index (χ0n) is 10.0. The number of ether oxygens (including phenoxy) is 1. The molecular weight excluding hydrogens is 230 g/mol. The van der Waals surface area contributed by atoms with E-state index in [9.17, 15) is 0 Å². The predicted molar refractivity (Wildman–Crippen MR) is 73.3 cm³/mol. The highest BCUT2D eigenvalue weighted by Gasteiger charge is 2.18. The highest BCUT2D eigenvalue weighted by Crippen LogP contribution is 2.35. The van der Waals surface area contributed by atoms with E-state index in [0.717, 1.165) is 19.6 Å². The van der Waals surface area contributed by atoms with Crippen molar-refractivity contribution in [3.8, 4) is 0 Å². The molecule has 17 heavy (non-hydrogen) atoms. The van der Waals surface area contributed by atoms with Gasteiger partial charge in [0.2, 0.25) is 0 Å². The van der Waals surface area contributed by atoms with Crippen molar-refractivity contribution in [2.75, 3.05) is 18.9 Å². The summed E-state index contributed by atoms with van der Waals surface area (Å²) in [5.41, 5.74) is 1.45. The Bertz CT molecular complexity index is 367. The molecule has 1 atom stereocenters. The molecule has 1 aromatic rings. The van der Waals surface area contributed by atoms with Crippen LogP contribution in [0.1, 0.15) is 24.4 Å². The van der Waals surface area contributed by atoms with Gasteiger partial charge in [-0.25, -0.2) is 0 Å². The minimum Gasteiger partial charge on any atom is -0.502 e. The van der Waals surface area contributed by atoms with E-state index in [0.29, 0.717) is 6.04 Å². The van der Waals surface area contributed by atoms with Crippen molar-refractivity contribution in [3.63, 3.8) is 0 Å². The van der Waals surface area contributed by atoms with Gasteiger partial charge in [0.15, 0.2) is 0 Å². The number of benzene rings is 1. The highest BCUT2D eigenvalue weighted by atomic mass is 32.2. The standard InChI is InChI=1S/C14H19NOS/c1-2-16-10-5-9-15-13-8-11-17-14-7-4-3-6-12(13)14/h2-4,6-7,13,15H,1,5,8-11H2. The van der Waals surface area contributed by atoms with Gasteiger partial charge in [0.25, 0.3) is 0 Å². The first kappa shape index (κ1) is 12.5. The molecule has 1 aliphatic heterocycles. The van der Waals surface area contributed by atoms with E-state index in [4.69, 9.17) is 4.74 Å². The molecule has 0 bridgehead atoms. The van der Waals surface area contributed by atoms with Crippen molar-refractivity contribution in [1.82, 2.24) is 5.32 Å². The molecule has 0 saturated heterocycles. The lowest BCUT2D eigenvalue weighted by Crippen LogP contribution is -2.26. The van der Waals surface area contributed by atoms with E-state index in [2.05, 4.69) is 36.2 Å². The Kier molecular flexibility index (Phi) is 4.95. The fourth-order valence-corrected chi connectivity index (χ4v) is 3.19. The van der Waals surface area contributed by atoms with Crippen molar-refractivity contribution in [2.24, 2.45) is 0 Å². The first-order valence-electron chi connectivity index (χ1n) is 6.09. The second-order valence-corrected chi connectivity index (χ2v) is 5.21. The minimum atomic E-state index is 0.510. The third kappa shape index (κ3) is 3.51. The third-order valence-electron chi connectivity index (χ3n) is 2.91. The Morgan fingerprint density at radius 2 is 2.35 bits per heavy atom. The monoisotopic (exact) mass is 249 g/mol. The van der Waals surface area contributed by atoms with Crippen LogP contribution in [0.15, 0.2) is 42.0 Å². The second-order valence-electron chi connectivity index (χ2n) is 4.07. The van der Waals surface area contributed by atoms with Crippen LogP contribution >= 0.6 is 11.8 Å². The smallest absolute Gasteiger partial charge is 0.0885 e. The van der Waals surface area contributed by atoms with Crippen LogP contribution in [-0.2, 0) is 4.74 Å². The minimum absolute atomic E-state index is 0.510. The maximum Gasteiger partial charge on any atom is 0.0885 e. The van der Waals surface area contributed by atoms with E-state index >= 15 is 0 Å². The molecule has 0 aliphatic carbocycles. The number of nitrogens with one attached hydrogen (secondary N) is 1. The van der Waals surface area contributed by atoms with E-state index < -0.39 is 0 Å². The first-order chi connectivity index (χ1) is 8.42. The topological polar surface area (TPSA) is 21.3 Å². The van der Waals surface area contributed by atoms with Gasteiger partial charge >= 0.3 is 0 Å². The Morgan fingerprint density at radius 1 is 1.47 bits per heavy atom. The number of hydrogen-bond donors (Lipinski definition) is 1. The molecule has 0 radical (unpaired) electrons. The molecule has 2 nitrogen and oxygen atoms in total. The van der Waals surface area contributed by atoms with Gasteiger partial charge in [0, 0.05) is 10.9 Å². The maximum absolute atomic E-state index is 5.11. The lowest BCUT2D eigenvalue weighted by molar-refractivity contribution is 0.242. The van der Waals surface area contributed by atoms with Gasteiger partial charge in [-0.1, -0.05) is 24.8 Å². The van der Waals surface area contributed by atoms with Gasteiger partial charge in [-0.15, -0.1) is 11.8 Å². The van der Waals surface area contributed by atoms with Gasteiger partial charge < -0.3 is 10.1 Å². The number of hydrogen-bond acceptors (Lipinski definition) is 3. The molecular formula is C14H19NOS. The van der Waals surface area contributed by atoms with Gasteiger partial charge in [-0.2, -0.15) is 0 Å². The Balaban J connectivity index is 1.84. The molecule has 2 rings (SSSR count). The summed E-state index contributed by atoms with van der Waals surface area (Å²) >= 11 is 1.96. The van der Waals surface area contributed by atoms with Gasteiger partial charge in [-0.05, 0) is 36.8 Å². The average molecular weight is 249 g/mol. The molecule has 1 heterocycles. The molecule has 0 aromatic heterocycles. The quantitative estimate of drug-likeness (QED) is 0.617. The normalized spacial score (nSPS) is 18.5. The summed E-state index contributed by atoms with van der Waals surface area (Å²) in [7, 11) is 0. The molecule has 1 aliphatic rings. The van der Waals surface area contributed by atoms with Gasteiger partial charge in [0.05, 0.1) is 12.9 Å². The van der Waals surface area contributed by atoms with Crippen LogP contribution in [0.4, 0.5) is 0 Å². The lowest BCUT2D eigenvalue weighted by atomic mass is 10.0. The summed E-state index contributed by atoms with van der Waals surface area (Å²) in [5, 5.41) is 3.61. The Morgan fingerprint density at radius 3 is 3.24 bits per heavy atom. The summed E-state index contributed by atoms with van der Waals surface area (Å²) in [5.74, 6) is 1.21. The number of rotatable bonds is 6. The Hall–Kier alpha value is -0.930. The second kappa shape index (κ2) is 6.72. The first-order valence-corrected chi connectivity index (χ1v) is 7.08. The van der Waals surface area contributed by atoms with Gasteiger partial charge in [0.1, 0.15) is 0 Å². The molecule has 0 fully saturated rings. The molecule has 1 aromatic carbocycles. The fraction of sp³-hybridized carbons (Fsp3) is 0.429. The Labute approximate surface area is 107 Å². The van der Waals surface area contributed by atoms with Crippen molar-refractivity contribution < 1.29 is 4.74 Å². The van der Waals surface area contributed by atoms with Crippen LogP contribution < -0.4 is 5.32 Å². The molecule has 1 unspecified atom stereocenters. The maximum atomic E-state index is 5.11. The fourth-order valence-electron chi connectivity index (χ4n) is 2.07. The van der Waals surface area contributed by atoms with Gasteiger partial charge in [-0.3, -0.25) is 0 Å². The van der Waals surface area contributed by atoms with E-state index in [1.165, 1.54) is 28.9 Å². The average Bonchev–Trinajstić information content (AvgIpc) is 2.39. The van der Waals surface area contributed by atoms with Crippen molar-refractivity contribution in [3.05, 3.63) is 42.7 Å². The highest BCUT2D eigenvalue weighted by molar-refractivity contribution is 7.99. The van der Waals surface area contributed by atoms with Crippen LogP contribution in [0, 0.1) is 0 Å². The summed E-state index contributed by atoms with van der Waals surface area (Å²) in [4.78, 5) is 1.43. The molecule has 92 valence electrons. The summed E-state index contributed by atoms with van der Waals surface area (Å²) in [6.07, 6.45) is 3.74. The lowest BCUT2D eigenvalue weighted by Gasteiger charge is -2.25. The third-order valence-corrected chi connectivity index (χ3v) is 4.03. The largest absolute Gasteiger partial charge is 0.502 e. The summed E-state index contributed by atoms with van der Waals surface area (Å²) in [6, 6.07) is 9.21. The van der Waals surface area contributed by atoms with Crippen LogP contribution in [0.3, 0.4) is 0 Å².